The predicted molar refractivity (Wildman–Crippen MR) is 64.8 cm³/mol. The number of aromatic nitrogens is 2. The number of nitrogens with one attached hydrogen (secondary N) is 1. The number of halogens is 1. The van der Waals surface area contributed by atoms with Gasteiger partial charge in [-0.2, -0.15) is 0 Å². The molecule has 1 aliphatic rings. The fourth-order valence-electron chi connectivity index (χ4n) is 1.43. The zero-order valence-corrected chi connectivity index (χ0v) is 10.2. The van der Waals surface area contributed by atoms with Crippen LogP contribution < -0.4 is 5.32 Å². The monoisotopic (exact) mass is 241 g/mol. The normalized spacial score (nSPS) is 15.0. The molecule has 0 aliphatic carbocycles. The van der Waals surface area contributed by atoms with Crippen LogP contribution in [0.4, 0.5) is 5.82 Å². The van der Waals surface area contributed by atoms with Crippen LogP contribution in [-0.4, -0.2) is 22.8 Å². The van der Waals surface area contributed by atoms with Gasteiger partial charge in [-0.05, 0) is 19.6 Å². The van der Waals surface area contributed by atoms with Gasteiger partial charge in [0.25, 0.3) is 0 Å². The molecule has 80 valence electrons. The Hall–Kier alpha value is -0.740. The van der Waals surface area contributed by atoms with Gasteiger partial charge >= 0.3 is 0 Å². The molecule has 0 saturated carbocycles. The van der Waals surface area contributed by atoms with Crippen molar-refractivity contribution in [2.24, 2.45) is 0 Å². The Morgan fingerprint density at radius 1 is 1.47 bits per heavy atom. The third-order valence-corrected chi connectivity index (χ3v) is 3.17. The van der Waals surface area contributed by atoms with E-state index in [0.29, 0.717) is 10.3 Å². The molecule has 0 fully saturated rings. The van der Waals surface area contributed by atoms with Crippen molar-refractivity contribution in [2.75, 3.05) is 18.1 Å². The molecule has 0 saturated heterocycles. The minimum absolute atomic E-state index is 0.558. The largest absolute Gasteiger partial charge is 0.366 e. The van der Waals surface area contributed by atoms with Gasteiger partial charge in [-0.15, -0.1) is 0 Å². The maximum absolute atomic E-state index is 6.11. The molecule has 1 N–H and O–H groups in total. The van der Waals surface area contributed by atoms with Crippen LogP contribution in [0.15, 0.2) is 16.8 Å². The fourth-order valence-corrected chi connectivity index (χ4v) is 2.09. The van der Waals surface area contributed by atoms with E-state index in [4.69, 9.17) is 11.6 Å². The number of nitrogens with zero attached hydrogens (tertiary/aromatic N) is 2. The Morgan fingerprint density at radius 3 is 3.00 bits per heavy atom. The second kappa shape index (κ2) is 4.41. The highest BCUT2D eigenvalue weighted by atomic mass is 35.5. The molecule has 2 heterocycles. The fraction of sp³-hybridized carbons (Fsp3) is 0.400. The summed E-state index contributed by atoms with van der Waals surface area (Å²) in [4.78, 5) is 8.63. The molecular formula is C10H12ClN3S. The van der Waals surface area contributed by atoms with Crippen molar-refractivity contribution >= 4 is 29.2 Å². The molecule has 0 aromatic carbocycles. The lowest BCUT2D eigenvalue weighted by Crippen LogP contribution is -2.06. The Balaban J connectivity index is 2.44. The Bertz CT molecular complexity index is 417. The summed E-state index contributed by atoms with van der Waals surface area (Å²) in [6, 6.07) is 0. The molecule has 1 aromatic heterocycles. The average molecular weight is 242 g/mol. The van der Waals surface area contributed by atoms with Crippen molar-refractivity contribution < 1.29 is 0 Å². The van der Waals surface area contributed by atoms with E-state index in [0.717, 1.165) is 24.3 Å². The summed E-state index contributed by atoms with van der Waals surface area (Å²) in [5, 5.41) is 4.55. The van der Waals surface area contributed by atoms with E-state index < -0.39 is 0 Å². The number of hydrogen-bond donors (Lipinski definition) is 1. The Kier molecular flexibility index (Phi) is 3.17. The first kappa shape index (κ1) is 10.8. The van der Waals surface area contributed by atoms with Crippen LogP contribution >= 0.6 is 23.4 Å². The van der Waals surface area contributed by atoms with Gasteiger partial charge in [0.1, 0.15) is 11.0 Å². The van der Waals surface area contributed by atoms with Gasteiger partial charge in [0, 0.05) is 12.1 Å². The number of thioether (sulfide) groups is 1. The Labute approximate surface area is 98.3 Å². The predicted octanol–water partition coefficient (Wildman–Crippen LogP) is 2.77. The zero-order chi connectivity index (χ0) is 10.8. The molecule has 2 rings (SSSR count). The summed E-state index contributed by atoms with van der Waals surface area (Å²) in [5.74, 6) is 0.868. The van der Waals surface area contributed by atoms with Crippen molar-refractivity contribution in [3.05, 3.63) is 22.4 Å². The molecule has 0 bridgehead atoms. The van der Waals surface area contributed by atoms with Gasteiger partial charge in [-0.1, -0.05) is 35.0 Å². The van der Waals surface area contributed by atoms with Crippen LogP contribution in [0, 0.1) is 0 Å². The van der Waals surface area contributed by atoms with Gasteiger partial charge in [0.05, 0.1) is 0 Å². The molecule has 0 spiro atoms. The second-order valence-electron chi connectivity index (χ2n) is 3.44. The van der Waals surface area contributed by atoms with Crippen LogP contribution in [0.3, 0.4) is 0 Å². The standard InChI is InChI=1S/C10H12ClN3S/c1-6-3-4-7-8(11)13-10(15-2)14-9(7)12-5-6/h3H,4-5H2,1-2H3,(H,12,13,14). The van der Waals surface area contributed by atoms with E-state index in [1.54, 1.807) is 0 Å². The third-order valence-electron chi connectivity index (χ3n) is 2.31. The Morgan fingerprint density at radius 2 is 2.27 bits per heavy atom. The molecule has 0 amide bonds. The van der Waals surface area contributed by atoms with E-state index >= 15 is 0 Å². The van der Waals surface area contributed by atoms with Crippen molar-refractivity contribution in [2.45, 2.75) is 18.5 Å². The van der Waals surface area contributed by atoms with Crippen LogP contribution in [-0.2, 0) is 6.42 Å². The lowest BCUT2D eigenvalue weighted by molar-refractivity contribution is 0.945. The minimum Gasteiger partial charge on any atom is -0.366 e. The van der Waals surface area contributed by atoms with Crippen LogP contribution in [0.1, 0.15) is 12.5 Å². The summed E-state index contributed by atoms with van der Waals surface area (Å²) < 4.78 is 0. The summed E-state index contributed by atoms with van der Waals surface area (Å²) in [5.41, 5.74) is 2.29. The van der Waals surface area contributed by atoms with Gasteiger partial charge in [0.2, 0.25) is 0 Å². The van der Waals surface area contributed by atoms with Gasteiger partial charge in [-0.3, -0.25) is 0 Å². The maximum atomic E-state index is 6.11. The molecule has 1 aromatic rings. The number of allylic oxidation sites excluding steroid dienone is 1. The van der Waals surface area contributed by atoms with Crippen molar-refractivity contribution in [1.29, 1.82) is 0 Å². The summed E-state index contributed by atoms with van der Waals surface area (Å²) in [6.07, 6.45) is 4.91. The van der Waals surface area contributed by atoms with E-state index in [9.17, 15) is 0 Å². The van der Waals surface area contributed by atoms with Crippen molar-refractivity contribution in [1.82, 2.24) is 9.97 Å². The maximum Gasteiger partial charge on any atom is 0.190 e. The zero-order valence-electron chi connectivity index (χ0n) is 8.67. The first-order valence-corrected chi connectivity index (χ1v) is 6.31. The highest BCUT2D eigenvalue weighted by Crippen LogP contribution is 2.27. The lowest BCUT2D eigenvalue weighted by atomic mass is 10.2. The molecule has 15 heavy (non-hydrogen) atoms. The third kappa shape index (κ3) is 2.26. The molecule has 5 heteroatoms. The van der Waals surface area contributed by atoms with E-state index in [2.05, 4.69) is 28.3 Å². The molecule has 1 aliphatic heterocycles. The SMILES string of the molecule is CSc1nc(Cl)c2c(n1)NCC(C)=CC2. The molecule has 0 radical (unpaired) electrons. The van der Waals surface area contributed by atoms with Gasteiger partial charge in [-0.25, -0.2) is 9.97 Å². The molecular weight excluding hydrogens is 230 g/mol. The second-order valence-corrected chi connectivity index (χ2v) is 4.57. The van der Waals surface area contributed by atoms with Gasteiger partial charge in [0.15, 0.2) is 5.16 Å². The lowest BCUT2D eigenvalue weighted by Gasteiger charge is -2.09. The smallest absolute Gasteiger partial charge is 0.190 e. The topological polar surface area (TPSA) is 37.8 Å². The van der Waals surface area contributed by atoms with E-state index in [-0.39, 0.29) is 0 Å². The summed E-state index contributed by atoms with van der Waals surface area (Å²) in [6.45, 7) is 2.92. The van der Waals surface area contributed by atoms with Crippen LogP contribution in [0.25, 0.3) is 0 Å². The first-order chi connectivity index (χ1) is 7.20. The number of rotatable bonds is 1. The van der Waals surface area contributed by atoms with Gasteiger partial charge < -0.3 is 5.32 Å². The molecule has 0 unspecified atom stereocenters. The minimum atomic E-state index is 0.558. The molecule has 0 atom stereocenters. The summed E-state index contributed by atoms with van der Waals surface area (Å²) >= 11 is 7.61. The number of anilines is 1. The van der Waals surface area contributed by atoms with Crippen molar-refractivity contribution in [3.63, 3.8) is 0 Å². The quantitative estimate of drug-likeness (QED) is 0.355. The van der Waals surface area contributed by atoms with Crippen LogP contribution in [0.2, 0.25) is 5.15 Å². The number of hydrogen-bond acceptors (Lipinski definition) is 4. The first-order valence-electron chi connectivity index (χ1n) is 4.70. The van der Waals surface area contributed by atoms with Crippen molar-refractivity contribution in [3.8, 4) is 0 Å². The molecule has 3 nitrogen and oxygen atoms in total. The van der Waals surface area contributed by atoms with Crippen LogP contribution in [0.5, 0.6) is 0 Å². The average Bonchev–Trinajstić information content (AvgIpc) is 2.41. The summed E-state index contributed by atoms with van der Waals surface area (Å²) in [7, 11) is 0. The van der Waals surface area contributed by atoms with E-state index in [1.807, 2.05) is 6.26 Å². The number of fused-ring (bicyclic) bond motifs is 1. The van der Waals surface area contributed by atoms with E-state index in [1.165, 1.54) is 17.3 Å². The highest BCUT2D eigenvalue weighted by Gasteiger charge is 2.14. The highest BCUT2D eigenvalue weighted by molar-refractivity contribution is 7.98.